The van der Waals surface area contributed by atoms with Gasteiger partial charge in [-0.05, 0) is 0 Å². The van der Waals surface area contributed by atoms with E-state index in [1.807, 2.05) is 60.7 Å². The summed E-state index contributed by atoms with van der Waals surface area (Å²) in [6.45, 7) is 0.353. The zero-order valence-electron chi connectivity index (χ0n) is 21.9. The minimum atomic E-state index is -0.133. The van der Waals surface area contributed by atoms with E-state index < -0.39 is 0 Å². The molecule has 5 aromatic rings. The number of ether oxygens (including phenoxy) is 1. The Morgan fingerprint density at radius 1 is 0.500 bits per heavy atom. The molecule has 5 rings (SSSR count). The summed E-state index contributed by atoms with van der Waals surface area (Å²) in [4.78, 5) is 0. The van der Waals surface area contributed by atoms with Gasteiger partial charge in [-0.3, -0.25) is 0 Å². The van der Waals surface area contributed by atoms with Crippen LogP contribution < -0.4 is 8.92 Å². The second-order valence-corrected chi connectivity index (χ2v) is 15.4. The molecule has 0 saturated heterocycles. The molecule has 0 amide bonds. The van der Waals surface area contributed by atoms with Crippen LogP contribution in [0.1, 0.15) is 28.4 Å². The molecule has 0 bridgehead atoms. The van der Waals surface area contributed by atoms with Gasteiger partial charge >= 0.3 is 252 Å². The van der Waals surface area contributed by atoms with Crippen molar-refractivity contribution in [1.29, 1.82) is 0 Å². The van der Waals surface area contributed by atoms with Crippen molar-refractivity contribution in [2.45, 2.75) is 9.82 Å². The fraction of sp³-hybridized carbons (Fsp3) is 0.0811. The maximum absolute atomic E-state index is 6.74. The van der Waals surface area contributed by atoms with E-state index in [0.717, 1.165) is 22.3 Å². The van der Waals surface area contributed by atoms with Crippen molar-refractivity contribution in [3.63, 3.8) is 0 Å². The summed E-state index contributed by atoms with van der Waals surface area (Å²) >= 11 is 0.378. The molecule has 0 aliphatic heterocycles. The Balaban J connectivity index is 1.51. The Morgan fingerprint density at radius 2 is 0.975 bits per heavy atom. The molecule has 194 valence electrons. The summed E-state index contributed by atoms with van der Waals surface area (Å²) in [6, 6.07) is 50.3. The summed E-state index contributed by atoms with van der Waals surface area (Å²) in [7, 11) is 0. The van der Waals surface area contributed by atoms with Gasteiger partial charge < -0.3 is 0 Å². The van der Waals surface area contributed by atoms with Crippen LogP contribution in [0.15, 0.2) is 146 Å². The molecule has 0 fully saturated rings. The Bertz CT molecular complexity index is 1550. The molecular weight excluding hydrogens is 618 g/mol. The summed E-state index contributed by atoms with van der Waals surface area (Å²) in [6.07, 6.45) is -0.133. The Hall–Kier alpha value is -3.78. The molecule has 5 aromatic carbocycles. The molecule has 0 aromatic heterocycles. The maximum atomic E-state index is 6.74. The van der Waals surface area contributed by atoms with E-state index in [1.165, 1.54) is 8.92 Å². The zero-order chi connectivity index (χ0) is 27.2. The van der Waals surface area contributed by atoms with Crippen molar-refractivity contribution >= 4 is 38.8 Å². The molecule has 0 N–H and O–H groups in total. The van der Waals surface area contributed by atoms with Crippen LogP contribution in [0.3, 0.4) is 0 Å². The molecule has 40 heavy (non-hydrogen) atoms. The van der Waals surface area contributed by atoms with Crippen molar-refractivity contribution in [3.05, 3.63) is 168 Å². The van der Waals surface area contributed by atoms with Crippen molar-refractivity contribution in [1.82, 2.24) is 0 Å². The quantitative estimate of drug-likeness (QED) is 0.149. The van der Waals surface area contributed by atoms with Crippen molar-refractivity contribution in [3.8, 4) is 23.7 Å². The predicted molar refractivity (Wildman–Crippen MR) is 168 cm³/mol. The van der Waals surface area contributed by atoms with E-state index in [4.69, 9.17) is 4.74 Å². The normalized spacial score (nSPS) is 11.1. The van der Waals surface area contributed by atoms with Crippen LogP contribution in [-0.4, -0.2) is 36.5 Å². The Labute approximate surface area is 250 Å². The average molecular weight is 647 g/mol. The zero-order valence-corrected chi connectivity index (χ0v) is 25.4. The van der Waals surface area contributed by atoms with Crippen LogP contribution in [0.5, 0.6) is 0 Å². The molecule has 1 unspecified atom stereocenters. The van der Waals surface area contributed by atoms with Crippen LogP contribution in [0.2, 0.25) is 3.71 Å². The van der Waals surface area contributed by atoms with Gasteiger partial charge in [-0.15, -0.1) is 0 Å². The van der Waals surface area contributed by atoms with E-state index in [-0.39, 0.29) is 36.0 Å². The molecule has 0 saturated carbocycles. The van der Waals surface area contributed by atoms with Gasteiger partial charge in [0.15, 0.2) is 0 Å². The SMILES string of the molecule is C(#Cc1ccccc1)COC(c1ccccc1C#Cc1ccccc1)C([Se]c1ccccc1)[Se]c1ccccc1. The van der Waals surface area contributed by atoms with E-state index in [9.17, 15) is 0 Å². The second-order valence-electron chi connectivity index (χ2n) is 8.83. The first-order valence-corrected chi connectivity index (χ1v) is 16.8. The van der Waals surface area contributed by atoms with E-state index in [0.29, 0.717) is 10.3 Å². The van der Waals surface area contributed by atoms with Gasteiger partial charge in [0.25, 0.3) is 0 Å². The number of benzene rings is 5. The Morgan fingerprint density at radius 3 is 1.55 bits per heavy atom. The van der Waals surface area contributed by atoms with E-state index in [2.05, 4.69) is 109 Å². The van der Waals surface area contributed by atoms with Gasteiger partial charge in [-0.2, -0.15) is 0 Å². The van der Waals surface area contributed by atoms with Crippen molar-refractivity contribution in [2.24, 2.45) is 0 Å². The third-order valence-corrected chi connectivity index (χ3v) is 12.4. The number of rotatable bonds is 8. The predicted octanol–water partition coefficient (Wildman–Crippen LogP) is 6.00. The first kappa shape index (κ1) is 27.8. The topological polar surface area (TPSA) is 9.23 Å². The molecule has 1 nitrogen and oxygen atoms in total. The average Bonchev–Trinajstić information content (AvgIpc) is 3.02. The molecule has 1 atom stereocenters. The second kappa shape index (κ2) is 15.1. The van der Waals surface area contributed by atoms with Gasteiger partial charge in [0.2, 0.25) is 0 Å². The van der Waals surface area contributed by atoms with Gasteiger partial charge in [0.1, 0.15) is 0 Å². The molecule has 3 heteroatoms. The number of hydrogen-bond acceptors (Lipinski definition) is 1. The van der Waals surface area contributed by atoms with E-state index >= 15 is 0 Å². The van der Waals surface area contributed by atoms with Crippen LogP contribution >= 0.6 is 0 Å². The summed E-state index contributed by atoms with van der Waals surface area (Å²) in [5.41, 5.74) is 4.13. The van der Waals surface area contributed by atoms with Gasteiger partial charge in [0, 0.05) is 0 Å². The van der Waals surface area contributed by atoms with Gasteiger partial charge in [0.05, 0.1) is 0 Å². The van der Waals surface area contributed by atoms with Crippen molar-refractivity contribution < 1.29 is 4.74 Å². The summed E-state index contributed by atoms with van der Waals surface area (Å²) in [5, 5.41) is 0. The van der Waals surface area contributed by atoms with Crippen LogP contribution in [0.25, 0.3) is 0 Å². The van der Waals surface area contributed by atoms with Crippen LogP contribution in [0, 0.1) is 23.7 Å². The summed E-state index contributed by atoms with van der Waals surface area (Å²) < 4.78 is 9.79. The van der Waals surface area contributed by atoms with Gasteiger partial charge in [-0.1, -0.05) is 0 Å². The number of hydrogen-bond donors (Lipinski definition) is 0. The molecule has 0 aliphatic carbocycles. The molecule has 0 radical (unpaired) electrons. The monoisotopic (exact) mass is 648 g/mol. The standard InChI is InChI=1S/C37H28OSe2/c1-5-16-30(17-6-1)20-15-29-38-36(35-26-14-13-21-32(35)28-27-31-18-7-2-8-19-31)37(39-33-22-9-3-10-23-33)40-34-24-11-4-12-25-34/h1-14,16-19,21-26,36-37H,29H2. The Kier molecular flexibility index (Phi) is 10.5. The molecule has 0 aliphatic rings. The van der Waals surface area contributed by atoms with Crippen LogP contribution in [-0.2, 0) is 4.74 Å². The molecular formula is C37H28OSe2. The van der Waals surface area contributed by atoms with Gasteiger partial charge in [-0.25, -0.2) is 0 Å². The van der Waals surface area contributed by atoms with E-state index in [1.54, 1.807) is 0 Å². The fourth-order valence-electron chi connectivity index (χ4n) is 4.04. The van der Waals surface area contributed by atoms with Crippen molar-refractivity contribution in [2.75, 3.05) is 6.61 Å². The molecule has 0 heterocycles. The molecule has 0 spiro atoms. The minimum absolute atomic E-state index is 0.133. The third kappa shape index (κ3) is 8.36. The third-order valence-electron chi connectivity index (χ3n) is 5.96. The first-order valence-electron chi connectivity index (χ1n) is 13.1. The summed E-state index contributed by atoms with van der Waals surface area (Å²) in [5.74, 6) is 13.3. The van der Waals surface area contributed by atoms with Crippen LogP contribution in [0.4, 0.5) is 0 Å². The fourth-order valence-corrected chi connectivity index (χ4v) is 11.0. The first-order chi connectivity index (χ1) is 19.8.